The van der Waals surface area contributed by atoms with Crippen molar-refractivity contribution < 1.29 is 4.74 Å². The van der Waals surface area contributed by atoms with Gasteiger partial charge in [0.05, 0.1) is 11.3 Å². The van der Waals surface area contributed by atoms with Gasteiger partial charge in [0.25, 0.3) is 0 Å². The molecule has 1 saturated carbocycles. The summed E-state index contributed by atoms with van der Waals surface area (Å²) in [5, 5.41) is 13.5. The van der Waals surface area contributed by atoms with Crippen LogP contribution < -0.4 is 15.0 Å². The summed E-state index contributed by atoms with van der Waals surface area (Å²) in [4.78, 5) is 11.0. The number of anilines is 1. The van der Waals surface area contributed by atoms with Gasteiger partial charge in [-0.2, -0.15) is 5.26 Å². The second-order valence-corrected chi connectivity index (χ2v) is 7.23. The quantitative estimate of drug-likeness (QED) is 0.832. The third-order valence-electron chi connectivity index (χ3n) is 4.67. The van der Waals surface area contributed by atoms with Gasteiger partial charge in [0.15, 0.2) is 5.75 Å². The summed E-state index contributed by atoms with van der Waals surface area (Å²) < 4.78 is 6.03. The van der Waals surface area contributed by atoms with E-state index < -0.39 is 0 Å². The standard InChI is InChI=1S/C19H20ClN5O/c1-12-11-25(7-6-22-12)19-14(10-21)8-16(18(24-19)13-2-3-13)26-15-4-5-23-17(20)9-15/h4-5,8-9,12-13,22H,2-3,6-7,11H2,1H3/t12-/m1/s1. The first-order valence-corrected chi connectivity index (χ1v) is 9.24. The maximum atomic E-state index is 9.68. The van der Waals surface area contributed by atoms with Gasteiger partial charge in [0.2, 0.25) is 0 Å². The van der Waals surface area contributed by atoms with Crippen LogP contribution in [0.4, 0.5) is 5.82 Å². The molecule has 1 N–H and O–H groups in total. The van der Waals surface area contributed by atoms with E-state index in [4.69, 9.17) is 21.3 Å². The summed E-state index contributed by atoms with van der Waals surface area (Å²) in [6.07, 6.45) is 3.80. The van der Waals surface area contributed by atoms with E-state index in [2.05, 4.69) is 28.2 Å². The summed E-state index contributed by atoms with van der Waals surface area (Å²) in [5.74, 6) is 2.40. The lowest BCUT2D eigenvalue weighted by Crippen LogP contribution is -2.49. The molecule has 26 heavy (non-hydrogen) atoms. The first-order chi connectivity index (χ1) is 12.6. The average Bonchev–Trinajstić information content (AvgIpc) is 3.46. The zero-order valence-corrected chi connectivity index (χ0v) is 15.3. The molecular formula is C19H20ClN5O. The maximum absolute atomic E-state index is 9.68. The highest BCUT2D eigenvalue weighted by molar-refractivity contribution is 6.29. The van der Waals surface area contributed by atoms with Crippen LogP contribution in [0.1, 0.15) is 36.9 Å². The van der Waals surface area contributed by atoms with Crippen LogP contribution in [0.25, 0.3) is 0 Å². The molecule has 2 aromatic heterocycles. The first-order valence-electron chi connectivity index (χ1n) is 8.87. The summed E-state index contributed by atoms with van der Waals surface area (Å²) in [6, 6.07) is 7.89. The molecule has 2 aliphatic rings. The van der Waals surface area contributed by atoms with Gasteiger partial charge < -0.3 is 15.0 Å². The number of piperazine rings is 1. The van der Waals surface area contributed by atoms with Crippen LogP contribution in [0.2, 0.25) is 5.15 Å². The van der Waals surface area contributed by atoms with Gasteiger partial charge in [-0.15, -0.1) is 0 Å². The fourth-order valence-electron chi connectivity index (χ4n) is 3.25. The van der Waals surface area contributed by atoms with Crippen molar-refractivity contribution in [3.8, 4) is 17.6 Å². The molecule has 1 aliphatic carbocycles. The number of halogens is 1. The number of ether oxygens (including phenoxy) is 1. The largest absolute Gasteiger partial charge is 0.455 e. The Morgan fingerprint density at radius 1 is 1.38 bits per heavy atom. The number of aromatic nitrogens is 2. The number of nitrogens with one attached hydrogen (secondary N) is 1. The van der Waals surface area contributed by atoms with E-state index in [1.54, 1.807) is 18.3 Å². The maximum Gasteiger partial charge on any atom is 0.150 e. The Morgan fingerprint density at radius 2 is 2.23 bits per heavy atom. The third-order valence-corrected chi connectivity index (χ3v) is 4.88. The minimum Gasteiger partial charge on any atom is -0.455 e. The van der Waals surface area contributed by atoms with Crippen LogP contribution in [0, 0.1) is 11.3 Å². The monoisotopic (exact) mass is 369 g/mol. The molecule has 6 nitrogen and oxygen atoms in total. The van der Waals surface area contributed by atoms with Gasteiger partial charge in [-0.05, 0) is 25.8 Å². The van der Waals surface area contributed by atoms with Crippen LogP contribution in [-0.2, 0) is 0 Å². The Labute approximate surface area is 157 Å². The zero-order valence-electron chi connectivity index (χ0n) is 14.6. The average molecular weight is 370 g/mol. The predicted octanol–water partition coefficient (Wildman–Crippen LogP) is 3.47. The minimum absolute atomic E-state index is 0.371. The van der Waals surface area contributed by atoms with E-state index in [1.807, 2.05) is 6.07 Å². The van der Waals surface area contributed by atoms with Crippen molar-refractivity contribution in [3.63, 3.8) is 0 Å². The number of nitriles is 1. The fourth-order valence-corrected chi connectivity index (χ4v) is 3.42. The van der Waals surface area contributed by atoms with E-state index >= 15 is 0 Å². The summed E-state index contributed by atoms with van der Waals surface area (Å²) in [7, 11) is 0. The van der Waals surface area contributed by atoms with Gasteiger partial charge in [-0.25, -0.2) is 9.97 Å². The van der Waals surface area contributed by atoms with E-state index in [0.717, 1.165) is 44.0 Å². The second-order valence-electron chi connectivity index (χ2n) is 6.85. The minimum atomic E-state index is 0.371. The molecular weight excluding hydrogens is 350 g/mol. The van der Waals surface area contributed by atoms with Crippen molar-refractivity contribution in [1.82, 2.24) is 15.3 Å². The molecule has 134 valence electrons. The Balaban J connectivity index is 1.71. The highest BCUT2D eigenvalue weighted by Crippen LogP contribution is 2.45. The van der Waals surface area contributed by atoms with Crippen molar-refractivity contribution in [3.05, 3.63) is 40.8 Å². The number of rotatable bonds is 4. The zero-order chi connectivity index (χ0) is 18.1. The lowest BCUT2D eigenvalue weighted by molar-refractivity contribution is 0.467. The molecule has 1 aliphatic heterocycles. The predicted molar refractivity (Wildman–Crippen MR) is 99.9 cm³/mol. The number of nitrogens with zero attached hydrogens (tertiary/aromatic N) is 4. The molecule has 0 radical (unpaired) electrons. The molecule has 0 amide bonds. The van der Waals surface area contributed by atoms with Gasteiger partial charge in [-0.1, -0.05) is 11.6 Å². The van der Waals surface area contributed by atoms with Crippen molar-refractivity contribution in [2.24, 2.45) is 0 Å². The van der Waals surface area contributed by atoms with Gasteiger partial charge in [-0.3, -0.25) is 0 Å². The molecule has 0 bridgehead atoms. The summed E-state index contributed by atoms with van der Waals surface area (Å²) >= 11 is 5.95. The Hall–Kier alpha value is -2.36. The first kappa shape index (κ1) is 17.1. The van der Waals surface area contributed by atoms with Crippen molar-refractivity contribution in [2.75, 3.05) is 24.5 Å². The molecule has 1 atom stereocenters. The molecule has 3 heterocycles. The molecule has 4 rings (SSSR count). The highest BCUT2D eigenvalue weighted by Gasteiger charge is 2.31. The van der Waals surface area contributed by atoms with Gasteiger partial charge >= 0.3 is 0 Å². The van der Waals surface area contributed by atoms with Gasteiger partial charge in [0.1, 0.15) is 22.8 Å². The van der Waals surface area contributed by atoms with E-state index in [-0.39, 0.29) is 0 Å². The van der Waals surface area contributed by atoms with E-state index in [1.165, 1.54) is 0 Å². The molecule has 0 unspecified atom stereocenters. The van der Waals surface area contributed by atoms with Gasteiger partial charge in [0, 0.05) is 49.9 Å². The van der Waals surface area contributed by atoms with Crippen molar-refractivity contribution in [1.29, 1.82) is 5.26 Å². The number of hydrogen-bond donors (Lipinski definition) is 1. The van der Waals surface area contributed by atoms with Crippen molar-refractivity contribution >= 4 is 17.4 Å². The molecule has 0 spiro atoms. The summed E-state index contributed by atoms with van der Waals surface area (Å²) in [6.45, 7) is 4.72. The summed E-state index contributed by atoms with van der Waals surface area (Å²) in [5.41, 5.74) is 1.47. The molecule has 0 aromatic carbocycles. The van der Waals surface area contributed by atoms with Crippen LogP contribution >= 0.6 is 11.6 Å². The molecule has 7 heteroatoms. The lowest BCUT2D eigenvalue weighted by Gasteiger charge is -2.33. The fraction of sp³-hybridized carbons (Fsp3) is 0.421. The Morgan fingerprint density at radius 3 is 2.92 bits per heavy atom. The number of hydrogen-bond acceptors (Lipinski definition) is 6. The highest BCUT2D eigenvalue weighted by atomic mass is 35.5. The molecule has 1 saturated heterocycles. The van der Waals surface area contributed by atoms with E-state index in [0.29, 0.717) is 34.2 Å². The third kappa shape index (κ3) is 3.59. The topological polar surface area (TPSA) is 74.1 Å². The number of pyridine rings is 2. The van der Waals surface area contributed by atoms with Crippen LogP contribution in [-0.4, -0.2) is 35.6 Å². The van der Waals surface area contributed by atoms with Crippen molar-refractivity contribution in [2.45, 2.75) is 31.7 Å². The normalized spacial score (nSPS) is 19.9. The van der Waals surface area contributed by atoms with Crippen LogP contribution in [0.3, 0.4) is 0 Å². The Bertz CT molecular complexity index is 861. The van der Waals surface area contributed by atoms with E-state index in [9.17, 15) is 5.26 Å². The smallest absolute Gasteiger partial charge is 0.150 e. The molecule has 2 fully saturated rings. The van der Waals surface area contributed by atoms with Crippen LogP contribution in [0.5, 0.6) is 11.5 Å². The SMILES string of the molecule is C[C@@H]1CN(c2nc(C3CC3)c(Oc3ccnc(Cl)c3)cc2C#N)CCN1. The lowest BCUT2D eigenvalue weighted by atomic mass is 10.1. The second kappa shape index (κ2) is 7.10. The molecule has 2 aromatic rings. The van der Waals surface area contributed by atoms with Crippen LogP contribution in [0.15, 0.2) is 24.4 Å². The Kier molecular flexibility index (Phi) is 4.66.